The van der Waals surface area contributed by atoms with Crippen molar-refractivity contribution in [1.29, 1.82) is 0 Å². The molecular formula is C30H44F5NOS3. The lowest BCUT2D eigenvalue weighted by Gasteiger charge is -2.32. The average Bonchev–Trinajstić information content (AvgIpc) is 2.96. The Kier molecular flexibility index (Phi) is 15.9. The number of allylic oxidation sites excluding steroid dienone is 2. The SMILES string of the molecule is C=CC=C.FC(F)(S)SOc1c(C2CCCCC2)cc(C2CCCCC2)cc1C1CCCCC1.NSC(F)(F)F. The molecule has 0 atom stereocenters. The molecule has 1 aromatic carbocycles. The van der Waals surface area contributed by atoms with Gasteiger partial charge in [0.15, 0.2) is 0 Å². The Morgan fingerprint density at radius 2 is 1.07 bits per heavy atom. The van der Waals surface area contributed by atoms with Crippen LogP contribution < -0.4 is 9.32 Å². The zero-order valence-corrected chi connectivity index (χ0v) is 25.7. The van der Waals surface area contributed by atoms with E-state index in [1.54, 1.807) is 12.2 Å². The van der Waals surface area contributed by atoms with Crippen molar-refractivity contribution >= 4 is 36.6 Å². The third-order valence-electron chi connectivity index (χ3n) is 7.86. The molecule has 0 spiro atoms. The van der Waals surface area contributed by atoms with E-state index >= 15 is 0 Å². The molecule has 40 heavy (non-hydrogen) atoms. The highest BCUT2D eigenvalue weighted by Gasteiger charge is 2.32. The number of halogens is 5. The van der Waals surface area contributed by atoms with Gasteiger partial charge in [-0.05, 0) is 73.0 Å². The first-order valence-electron chi connectivity index (χ1n) is 14.3. The van der Waals surface area contributed by atoms with Gasteiger partial charge in [-0.2, -0.15) is 22.0 Å². The van der Waals surface area contributed by atoms with Gasteiger partial charge >= 0.3 is 10.1 Å². The van der Waals surface area contributed by atoms with Crippen molar-refractivity contribution in [2.75, 3.05) is 0 Å². The molecule has 1 aromatic rings. The minimum absolute atomic E-state index is 0.215. The minimum atomic E-state index is -4.26. The normalized spacial score (nSPS) is 19.5. The topological polar surface area (TPSA) is 35.2 Å². The second-order valence-electron chi connectivity index (χ2n) is 10.7. The van der Waals surface area contributed by atoms with E-state index in [1.165, 1.54) is 87.3 Å². The molecule has 0 amide bonds. The van der Waals surface area contributed by atoms with Crippen LogP contribution in [0.2, 0.25) is 0 Å². The Bertz CT molecular complexity index is 843. The van der Waals surface area contributed by atoms with E-state index in [1.807, 2.05) is 0 Å². The van der Waals surface area contributed by atoms with Gasteiger partial charge < -0.3 is 4.18 Å². The summed E-state index contributed by atoms with van der Waals surface area (Å²) in [6, 6.07) is 4.70. The second kappa shape index (κ2) is 18.0. The third kappa shape index (κ3) is 13.0. The monoisotopic (exact) mass is 625 g/mol. The Hall–Kier alpha value is -0.840. The molecule has 10 heteroatoms. The van der Waals surface area contributed by atoms with Crippen LogP contribution in [-0.4, -0.2) is 10.1 Å². The molecule has 4 rings (SSSR count). The summed E-state index contributed by atoms with van der Waals surface area (Å²) in [6.07, 6.45) is 21.8. The highest BCUT2D eigenvalue weighted by Crippen LogP contribution is 2.49. The molecule has 0 saturated heterocycles. The fourth-order valence-electron chi connectivity index (χ4n) is 5.99. The molecule has 0 unspecified atom stereocenters. The first kappa shape index (κ1) is 35.4. The zero-order valence-electron chi connectivity index (χ0n) is 23.2. The molecule has 3 saturated carbocycles. The van der Waals surface area contributed by atoms with E-state index in [-0.39, 0.29) is 12.0 Å². The van der Waals surface area contributed by atoms with E-state index in [4.69, 9.17) is 4.18 Å². The number of rotatable bonds is 7. The Balaban J connectivity index is 0.000000482. The molecule has 0 aromatic heterocycles. The average molecular weight is 626 g/mol. The van der Waals surface area contributed by atoms with E-state index in [0.29, 0.717) is 17.8 Å². The van der Waals surface area contributed by atoms with Crippen molar-refractivity contribution in [1.82, 2.24) is 0 Å². The molecule has 3 fully saturated rings. The van der Waals surface area contributed by atoms with E-state index < -0.39 is 22.0 Å². The Labute approximate surface area is 251 Å². The van der Waals surface area contributed by atoms with Crippen LogP contribution in [0.25, 0.3) is 0 Å². The summed E-state index contributed by atoms with van der Waals surface area (Å²) < 4.78 is 61.8. The van der Waals surface area contributed by atoms with Crippen LogP contribution in [0.1, 0.15) is 131 Å². The van der Waals surface area contributed by atoms with Gasteiger partial charge in [0.05, 0.1) is 0 Å². The number of nitrogens with two attached hydrogens (primary N) is 1. The molecule has 2 nitrogen and oxygen atoms in total. The van der Waals surface area contributed by atoms with Crippen molar-refractivity contribution in [2.24, 2.45) is 5.14 Å². The van der Waals surface area contributed by atoms with Crippen molar-refractivity contribution in [3.05, 3.63) is 54.1 Å². The first-order valence-corrected chi connectivity index (χ1v) is 16.4. The summed E-state index contributed by atoms with van der Waals surface area (Å²) in [5, 5.41) is 4.10. The predicted molar refractivity (Wildman–Crippen MR) is 164 cm³/mol. The van der Waals surface area contributed by atoms with Gasteiger partial charge in [0.25, 0.3) is 0 Å². The summed E-state index contributed by atoms with van der Waals surface area (Å²) in [4.78, 5) is 0. The van der Waals surface area contributed by atoms with Gasteiger partial charge in [-0.1, -0.05) is 108 Å². The van der Waals surface area contributed by atoms with Gasteiger partial charge in [-0.25, -0.2) is 0 Å². The Morgan fingerprint density at radius 1 is 0.725 bits per heavy atom. The van der Waals surface area contributed by atoms with Crippen molar-refractivity contribution in [3.8, 4) is 5.75 Å². The summed E-state index contributed by atoms with van der Waals surface area (Å²) in [6.45, 7) is 6.72. The summed E-state index contributed by atoms with van der Waals surface area (Å²) in [7, 11) is 0. The van der Waals surface area contributed by atoms with Crippen LogP contribution in [0, 0.1) is 0 Å². The van der Waals surface area contributed by atoms with Gasteiger partial charge in [-0.3, -0.25) is 5.14 Å². The molecular weight excluding hydrogens is 582 g/mol. The zero-order chi connectivity index (χ0) is 29.6. The fraction of sp³-hybridized carbons (Fsp3) is 0.667. The summed E-state index contributed by atoms with van der Waals surface area (Å²) in [5.74, 6) is 2.26. The van der Waals surface area contributed by atoms with E-state index in [9.17, 15) is 22.0 Å². The molecule has 3 aliphatic rings. The number of thiol groups is 1. The van der Waals surface area contributed by atoms with Crippen molar-refractivity contribution in [2.45, 2.75) is 124 Å². The molecule has 228 valence electrons. The first-order chi connectivity index (χ1) is 19.0. The highest BCUT2D eigenvalue weighted by atomic mass is 32.2. The van der Waals surface area contributed by atoms with Gasteiger partial charge in [0.1, 0.15) is 17.8 Å². The molecule has 0 heterocycles. The van der Waals surface area contributed by atoms with Crippen LogP contribution in [0.5, 0.6) is 5.75 Å². The lowest BCUT2D eigenvalue weighted by molar-refractivity contribution is -0.0328. The molecule has 0 radical (unpaired) electrons. The summed E-state index contributed by atoms with van der Waals surface area (Å²) >= 11 is 3.01. The molecule has 2 N–H and O–H groups in total. The van der Waals surface area contributed by atoms with Crippen LogP contribution in [0.4, 0.5) is 22.0 Å². The standard InChI is InChI=1S/C25H36F2OS2.C4H6.CH2F3NS/c26-25(27,29)30-28-24-22(19-12-6-2-7-13-19)16-21(18-10-4-1-5-11-18)17-23(24)20-14-8-3-9-15-20;1-3-4-2;2-1(3,4)6-5/h16-20,29H,1-15H2;3-4H,1-2H2;5H2. The number of hydrogen-bond donors (Lipinski definition) is 2. The number of alkyl halides is 5. The van der Waals surface area contributed by atoms with Crippen LogP contribution in [-0.2, 0) is 0 Å². The molecule has 0 aliphatic heterocycles. The molecule has 0 bridgehead atoms. The maximum absolute atomic E-state index is 13.6. The van der Waals surface area contributed by atoms with Crippen LogP contribution in [0.15, 0.2) is 37.4 Å². The van der Waals surface area contributed by atoms with E-state index in [0.717, 1.165) is 31.4 Å². The van der Waals surface area contributed by atoms with E-state index in [2.05, 4.69) is 43.1 Å². The van der Waals surface area contributed by atoms with Crippen LogP contribution in [0.3, 0.4) is 0 Å². The Morgan fingerprint density at radius 3 is 1.38 bits per heavy atom. The lowest BCUT2D eigenvalue weighted by atomic mass is 9.75. The van der Waals surface area contributed by atoms with Crippen molar-refractivity contribution in [3.63, 3.8) is 0 Å². The van der Waals surface area contributed by atoms with Crippen LogP contribution >= 0.6 is 36.6 Å². The predicted octanol–water partition coefficient (Wildman–Crippen LogP) is 11.8. The fourth-order valence-corrected chi connectivity index (χ4v) is 6.48. The van der Waals surface area contributed by atoms with Gasteiger partial charge in [0.2, 0.25) is 0 Å². The largest absolute Gasteiger partial charge is 0.455 e. The quantitative estimate of drug-likeness (QED) is 0.0789. The van der Waals surface area contributed by atoms with Crippen molar-refractivity contribution < 1.29 is 26.1 Å². The number of hydrogen-bond acceptors (Lipinski definition) is 5. The van der Waals surface area contributed by atoms with Gasteiger partial charge in [-0.15, -0.1) is 0 Å². The summed E-state index contributed by atoms with van der Waals surface area (Å²) in [5.41, 5.74) is -0.391. The second-order valence-corrected chi connectivity index (χ2v) is 13.1. The smallest absolute Gasteiger partial charge is 0.418 e. The highest BCUT2D eigenvalue weighted by molar-refractivity contribution is 8.08. The maximum Gasteiger partial charge on any atom is 0.455 e. The minimum Gasteiger partial charge on any atom is -0.418 e. The molecule has 3 aliphatic carbocycles. The lowest BCUT2D eigenvalue weighted by Crippen LogP contribution is -2.14. The van der Waals surface area contributed by atoms with Gasteiger partial charge in [0, 0.05) is 11.9 Å². The number of benzene rings is 1. The maximum atomic E-state index is 13.6. The third-order valence-corrected chi connectivity index (χ3v) is 8.80.